The lowest BCUT2D eigenvalue weighted by Crippen LogP contribution is -2.15. The smallest absolute Gasteiger partial charge is 0.264 e. The molecule has 3 aromatic rings. The molecule has 1 fully saturated rings. The number of benzene rings is 2. The van der Waals surface area contributed by atoms with E-state index in [-0.39, 0.29) is 22.8 Å². The molecule has 0 saturated carbocycles. The minimum Gasteiger partial charge on any atom is -0.377 e. The Hall–Kier alpha value is -2.82. The van der Waals surface area contributed by atoms with Gasteiger partial charge in [-0.05, 0) is 63.1 Å². The van der Waals surface area contributed by atoms with Crippen molar-refractivity contribution < 1.29 is 22.5 Å². The van der Waals surface area contributed by atoms with Gasteiger partial charge in [0.25, 0.3) is 15.9 Å². The number of amides is 1. The summed E-state index contributed by atoms with van der Waals surface area (Å²) in [7, 11) is -3.85. The molecule has 174 valence electrons. The molecule has 2 aromatic carbocycles. The summed E-state index contributed by atoms with van der Waals surface area (Å²) in [6, 6.07) is 13.4. The SMILES string of the molecule is Cc1noc(NS(=O)(=O)c2ccc(NC(=O)c3ccccc3SC[C@@H]3CCCO3)cc2)c1C. The Morgan fingerprint density at radius 1 is 1.15 bits per heavy atom. The third-order valence-corrected chi connectivity index (χ3v) is 7.94. The molecule has 33 heavy (non-hydrogen) atoms. The zero-order chi connectivity index (χ0) is 23.4. The fourth-order valence-electron chi connectivity index (χ4n) is 3.35. The summed E-state index contributed by atoms with van der Waals surface area (Å²) < 4.78 is 38.4. The fourth-order valence-corrected chi connectivity index (χ4v) is 5.51. The normalized spacial score (nSPS) is 16.0. The number of sulfonamides is 1. The van der Waals surface area contributed by atoms with Gasteiger partial charge in [0.1, 0.15) is 0 Å². The van der Waals surface area contributed by atoms with Crippen LogP contribution < -0.4 is 10.0 Å². The molecule has 0 spiro atoms. The molecule has 1 atom stereocenters. The second-order valence-electron chi connectivity index (χ2n) is 7.75. The van der Waals surface area contributed by atoms with Crippen LogP contribution in [0.4, 0.5) is 11.6 Å². The maximum Gasteiger partial charge on any atom is 0.264 e. The van der Waals surface area contributed by atoms with Gasteiger partial charge in [0.15, 0.2) is 0 Å². The third kappa shape index (κ3) is 5.58. The Morgan fingerprint density at radius 2 is 1.91 bits per heavy atom. The Balaban J connectivity index is 1.43. The van der Waals surface area contributed by atoms with E-state index in [0.29, 0.717) is 22.5 Å². The average Bonchev–Trinajstić information content (AvgIpc) is 3.44. The van der Waals surface area contributed by atoms with Crippen LogP contribution in [0.15, 0.2) is 62.8 Å². The molecular formula is C23H25N3O5S2. The highest BCUT2D eigenvalue weighted by atomic mass is 32.2. The van der Waals surface area contributed by atoms with E-state index >= 15 is 0 Å². The van der Waals surface area contributed by atoms with Gasteiger partial charge in [-0.1, -0.05) is 17.3 Å². The Morgan fingerprint density at radius 3 is 2.58 bits per heavy atom. The minimum atomic E-state index is -3.85. The number of aromatic nitrogens is 1. The lowest BCUT2D eigenvalue weighted by atomic mass is 10.2. The first-order valence-corrected chi connectivity index (χ1v) is 13.0. The molecule has 1 aliphatic rings. The van der Waals surface area contributed by atoms with Crippen LogP contribution in [0.25, 0.3) is 0 Å². The molecule has 1 aliphatic heterocycles. The van der Waals surface area contributed by atoms with Crippen LogP contribution in [-0.2, 0) is 14.8 Å². The summed E-state index contributed by atoms with van der Waals surface area (Å²) in [6.45, 7) is 4.25. The highest BCUT2D eigenvalue weighted by Crippen LogP contribution is 2.28. The monoisotopic (exact) mass is 487 g/mol. The second kappa shape index (κ2) is 9.98. The molecule has 2 heterocycles. The first-order valence-electron chi connectivity index (χ1n) is 10.5. The van der Waals surface area contributed by atoms with E-state index in [2.05, 4.69) is 15.2 Å². The second-order valence-corrected chi connectivity index (χ2v) is 10.5. The summed E-state index contributed by atoms with van der Waals surface area (Å²) in [4.78, 5) is 13.8. The van der Waals surface area contributed by atoms with E-state index in [1.165, 1.54) is 12.1 Å². The summed E-state index contributed by atoms with van der Waals surface area (Å²) in [5.74, 6) is 0.627. The van der Waals surface area contributed by atoms with Crippen LogP contribution >= 0.6 is 11.8 Å². The van der Waals surface area contributed by atoms with Gasteiger partial charge in [-0.3, -0.25) is 4.79 Å². The number of rotatable bonds is 8. The van der Waals surface area contributed by atoms with E-state index in [1.807, 2.05) is 18.2 Å². The fraction of sp³-hybridized carbons (Fsp3) is 0.304. The lowest BCUT2D eigenvalue weighted by Gasteiger charge is -2.13. The summed E-state index contributed by atoms with van der Waals surface area (Å²) >= 11 is 1.61. The van der Waals surface area contributed by atoms with E-state index in [1.54, 1.807) is 43.8 Å². The Labute approximate surface area is 197 Å². The van der Waals surface area contributed by atoms with Crippen LogP contribution in [-0.4, -0.2) is 37.9 Å². The quantitative estimate of drug-likeness (QED) is 0.446. The van der Waals surface area contributed by atoms with Crippen LogP contribution in [0.3, 0.4) is 0 Å². The van der Waals surface area contributed by atoms with E-state index in [0.717, 1.165) is 30.1 Å². The van der Waals surface area contributed by atoms with E-state index in [4.69, 9.17) is 9.26 Å². The van der Waals surface area contributed by atoms with Gasteiger partial charge >= 0.3 is 0 Å². The molecule has 1 saturated heterocycles. The van der Waals surface area contributed by atoms with Crippen molar-refractivity contribution in [2.45, 2.75) is 42.6 Å². The molecule has 4 rings (SSSR count). The van der Waals surface area contributed by atoms with Gasteiger partial charge < -0.3 is 14.6 Å². The number of hydrogen-bond acceptors (Lipinski definition) is 7. The Bertz CT molecular complexity index is 1230. The van der Waals surface area contributed by atoms with Crippen LogP contribution in [0.1, 0.15) is 34.5 Å². The van der Waals surface area contributed by atoms with Crippen molar-refractivity contribution in [3.63, 3.8) is 0 Å². The highest BCUT2D eigenvalue weighted by Gasteiger charge is 2.20. The van der Waals surface area contributed by atoms with Gasteiger partial charge in [0.05, 0.1) is 22.3 Å². The van der Waals surface area contributed by atoms with Gasteiger partial charge in [-0.25, -0.2) is 13.1 Å². The zero-order valence-corrected chi connectivity index (χ0v) is 20.0. The van der Waals surface area contributed by atoms with Crippen LogP contribution in [0, 0.1) is 13.8 Å². The molecule has 1 amide bonds. The summed E-state index contributed by atoms with van der Waals surface area (Å²) in [5, 5.41) is 6.59. The lowest BCUT2D eigenvalue weighted by molar-refractivity contribution is 0.102. The number of anilines is 2. The molecule has 1 aromatic heterocycles. The first-order chi connectivity index (χ1) is 15.8. The van der Waals surface area contributed by atoms with Crippen LogP contribution in [0.5, 0.6) is 0 Å². The van der Waals surface area contributed by atoms with Gasteiger partial charge in [0, 0.05) is 28.5 Å². The predicted molar refractivity (Wildman–Crippen MR) is 127 cm³/mol. The number of nitrogens with zero attached hydrogens (tertiary/aromatic N) is 1. The highest BCUT2D eigenvalue weighted by molar-refractivity contribution is 7.99. The zero-order valence-electron chi connectivity index (χ0n) is 18.3. The molecule has 0 radical (unpaired) electrons. The number of hydrogen-bond donors (Lipinski definition) is 2. The third-order valence-electron chi connectivity index (χ3n) is 5.39. The standard InChI is InChI=1S/C23H25N3O5S2/c1-15-16(2)25-31-23(15)26-33(28,29)19-11-9-17(10-12-19)24-22(27)20-7-3-4-8-21(20)32-14-18-6-5-13-30-18/h3-4,7-12,18,26H,5-6,13-14H2,1-2H3,(H,24,27)/t18-/m0/s1. The Kier molecular flexibility index (Phi) is 7.06. The van der Waals surface area contributed by atoms with Crippen molar-refractivity contribution in [1.82, 2.24) is 5.16 Å². The van der Waals surface area contributed by atoms with Crippen molar-refractivity contribution in [2.24, 2.45) is 0 Å². The maximum atomic E-state index is 12.9. The largest absolute Gasteiger partial charge is 0.377 e. The number of ether oxygens (including phenoxy) is 1. The molecule has 0 aliphatic carbocycles. The van der Waals surface area contributed by atoms with E-state index < -0.39 is 10.0 Å². The van der Waals surface area contributed by atoms with Crippen LogP contribution in [0.2, 0.25) is 0 Å². The molecule has 8 nitrogen and oxygen atoms in total. The molecule has 0 unspecified atom stereocenters. The van der Waals surface area contributed by atoms with Crippen molar-refractivity contribution in [2.75, 3.05) is 22.4 Å². The first kappa shape index (κ1) is 23.3. The topological polar surface area (TPSA) is 111 Å². The number of thioether (sulfide) groups is 1. The maximum absolute atomic E-state index is 12.9. The number of carbonyl (C=O) groups excluding carboxylic acids is 1. The molecule has 0 bridgehead atoms. The van der Waals surface area contributed by atoms with Gasteiger partial charge in [-0.15, -0.1) is 11.8 Å². The van der Waals surface area contributed by atoms with Crippen molar-refractivity contribution >= 4 is 39.3 Å². The van der Waals surface area contributed by atoms with Gasteiger partial charge in [-0.2, -0.15) is 0 Å². The average molecular weight is 488 g/mol. The predicted octanol–water partition coefficient (Wildman–Crippen LogP) is 4.62. The summed E-state index contributed by atoms with van der Waals surface area (Å²) in [6.07, 6.45) is 2.34. The number of carbonyl (C=O) groups is 1. The van der Waals surface area contributed by atoms with Crippen molar-refractivity contribution in [3.05, 3.63) is 65.4 Å². The van der Waals surface area contributed by atoms with E-state index in [9.17, 15) is 13.2 Å². The van der Waals surface area contributed by atoms with Crippen molar-refractivity contribution in [3.8, 4) is 0 Å². The van der Waals surface area contributed by atoms with Crippen molar-refractivity contribution in [1.29, 1.82) is 0 Å². The molecule has 2 N–H and O–H groups in total. The minimum absolute atomic E-state index is 0.0430. The van der Waals surface area contributed by atoms with Gasteiger partial charge in [0.2, 0.25) is 5.88 Å². The number of aryl methyl sites for hydroxylation is 1. The summed E-state index contributed by atoms with van der Waals surface area (Å²) in [5.41, 5.74) is 2.29. The number of nitrogens with one attached hydrogen (secondary N) is 2. The molecule has 10 heteroatoms. The molecular weight excluding hydrogens is 462 g/mol.